The van der Waals surface area contributed by atoms with Crippen molar-refractivity contribution >= 4 is 46.0 Å². The number of benzene rings is 1. The predicted octanol–water partition coefficient (Wildman–Crippen LogP) is 3.42. The van der Waals surface area contributed by atoms with E-state index in [0.29, 0.717) is 37.0 Å². The van der Waals surface area contributed by atoms with E-state index >= 15 is 0 Å². The van der Waals surface area contributed by atoms with Gasteiger partial charge in [-0.1, -0.05) is 30.9 Å². The van der Waals surface area contributed by atoms with Crippen molar-refractivity contribution in [2.45, 2.75) is 38.1 Å². The van der Waals surface area contributed by atoms with E-state index in [0.717, 1.165) is 48.7 Å². The van der Waals surface area contributed by atoms with Crippen LogP contribution in [-0.4, -0.2) is 61.2 Å². The Morgan fingerprint density at radius 2 is 1.88 bits per heavy atom. The minimum absolute atomic E-state index is 0.115. The number of nitrogens with one attached hydrogen (secondary N) is 1. The second-order valence-electron chi connectivity index (χ2n) is 8.53. The molecule has 0 bridgehead atoms. The zero-order valence-corrected chi connectivity index (χ0v) is 19.1. The number of nitrogen functional groups attached to an aromatic ring is 1. The van der Waals surface area contributed by atoms with Gasteiger partial charge in [-0.15, -0.1) is 0 Å². The summed E-state index contributed by atoms with van der Waals surface area (Å²) in [4.78, 5) is 33.6. The summed E-state index contributed by atoms with van der Waals surface area (Å²) in [5.41, 5.74) is 7.79. The molecule has 32 heavy (non-hydrogen) atoms. The van der Waals surface area contributed by atoms with Crippen LogP contribution in [0.15, 0.2) is 24.3 Å². The lowest BCUT2D eigenvalue weighted by Gasteiger charge is -2.37. The normalized spacial score (nSPS) is 21.8. The number of anilines is 2. The first-order chi connectivity index (χ1) is 15.5. The highest BCUT2D eigenvalue weighted by Crippen LogP contribution is 2.30. The number of fused-ring (bicyclic) bond motifs is 1. The summed E-state index contributed by atoms with van der Waals surface area (Å²) in [6.07, 6.45) is 4.63. The van der Waals surface area contributed by atoms with Crippen LogP contribution in [0.1, 0.15) is 32.1 Å². The van der Waals surface area contributed by atoms with Gasteiger partial charge in [0.2, 0.25) is 0 Å². The van der Waals surface area contributed by atoms with Gasteiger partial charge in [0.25, 0.3) is 0 Å². The van der Waals surface area contributed by atoms with Crippen LogP contribution in [0, 0.1) is 5.92 Å². The maximum atomic E-state index is 13.0. The topological polar surface area (TPSA) is 101 Å². The molecule has 0 spiro atoms. The van der Waals surface area contributed by atoms with E-state index in [4.69, 9.17) is 22.1 Å². The van der Waals surface area contributed by atoms with E-state index in [1.54, 1.807) is 0 Å². The zero-order valence-electron chi connectivity index (χ0n) is 18.3. The molecule has 2 aromatic rings. The van der Waals surface area contributed by atoms with E-state index in [1.807, 2.05) is 29.2 Å². The fourth-order valence-electron chi connectivity index (χ4n) is 4.78. The van der Waals surface area contributed by atoms with Crippen molar-refractivity contribution in [3.05, 3.63) is 29.3 Å². The number of pyridine rings is 1. The van der Waals surface area contributed by atoms with Gasteiger partial charge in [-0.05, 0) is 31.0 Å². The highest BCUT2D eigenvalue weighted by Gasteiger charge is 2.33. The molecule has 9 heteroatoms. The number of carbonyl (C=O) groups is 2. The number of urea groups is 1. The number of ether oxygens (including phenoxy) is 1. The average Bonchev–Trinajstić information content (AvgIpc) is 3.03. The van der Waals surface area contributed by atoms with Crippen LogP contribution in [0.2, 0.25) is 5.02 Å². The van der Waals surface area contributed by atoms with Gasteiger partial charge in [0, 0.05) is 54.4 Å². The quantitative estimate of drug-likeness (QED) is 0.538. The summed E-state index contributed by atoms with van der Waals surface area (Å²) in [5.74, 6) is -0.0628. The van der Waals surface area contributed by atoms with Gasteiger partial charge in [0.1, 0.15) is 5.82 Å². The van der Waals surface area contributed by atoms with Crippen molar-refractivity contribution in [2.24, 2.45) is 5.92 Å². The number of methoxy groups -OCH3 is 1. The Kier molecular flexibility index (Phi) is 6.89. The molecule has 3 N–H and O–H groups in total. The second kappa shape index (κ2) is 9.81. The van der Waals surface area contributed by atoms with Crippen molar-refractivity contribution in [3.63, 3.8) is 0 Å². The average molecular weight is 460 g/mol. The van der Waals surface area contributed by atoms with Gasteiger partial charge in [0.15, 0.2) is 0 Å². The molecule has 1 aromatic heterocycles. The third kappa shape index (κ3) is 4.85. The Morgan fingerprint density at radius 3 is 2.62 bits per heavy atom. The Labute approximate surface area is 193 Å². The van der Waals surface area contributed by atoms with Gasteiger partial charge in [0.05, 0.1) is 18.5 Å². The lowest BCUT2D eigenvalue weighted by Crippen LogP contribution is -2.55. The molecule has 1 saturated heterocycles. The monoisotopic (exact) mass is 459 g/mol. The number of halogens is 1. The largest absolute Gasteiger partial charge is 0.469 e. The fourth-order valence-corrected chi connectivity index (χ4v) is 4.95. The number of rotatable bonds is 3. The highest BCUT2D eigenvalue weighted by molar-refractivity contribution is 6.31. The van der Waals surface area contributed by atoms with E-state index < -0.39 is 0 Å². The molecular weight excluding hydrogens is 430 g/mol. The van der Waals surface area contributed by atoms with Crippen LogP contribution >= 0.6 is 11.6 Å². The SMILES string of the molecule is COC(=O)C1CCCCCC1NC(=O)N1CCN(c2cc(N)nc3cc(Cl)ccc23)CC1. The number of carbonyl (C=O) groups excluding carboxylic acids is 2. The predicted molar refractivity (Wildman–Crippen MR) is 126 cm³/mol. The first-order valence-electron chi connectivity index (χ1n) is 11.2. The molecule has 2 heterocycles. The Hall–Kier alpha value is -2.74. The molecule has 2 atom stereocenters. The first-order valence-corrected chi connectivity index (χ1v) is 11.6. The molecule has 2 amide bonds. The maximum Gasteiger partial charge on any atom is 0.317 e. The van der Waals surface area contributed by atoms with Crippen LogP contribution < -0.4 is 16.0 Å². The van der Waals surface area contributed by atoms with Gasteiger partial charge >= 0.3 is 12.0 Å². The molecule has 1 aliphatic heterocycles. The molecule has 1 saturated carbocycles. The number of aromatic nitrogens is 1. The second-order valence-corrected chi connectivity index (χ2v) is 8.96. The Bertz CT molecular complexity index is 988. The van der Waals surface area contributed by atoms with Crippen molar-refractivity contribution < 1.29 is 14.3 Å². The smallest absolute Gasteiger partial charge is 0.317 e. The van der Waals surface area contributed by atoms with E-state index in [1.165, 1.54) is 7.11 Å². The van der Waals surface area contributed by atoms with Crippen molar-refractivity contribution in [3.8, 4) is 0 Å². The fraction of sp³-hybridized carbons (Fsp3) is 0.522. The molecule has 4 rings (SSSR count). The number of hydrogen-bond acceptors (Lipinski definition) is 6. The van der Waals surface area contributed by atoms with E-state index in [9.17, 15) is 9.59 Å². The number of nitrogens with zero attached hydrogens (tertiary/aromatic N) is 3. The molecule has 1 aliphatic carbocycles. The standard InChI is InChI=1S/C23H30ClN5O3/c1-32-22(30)17-5-3-2-4-6-18(17)27-23(31)29-11-9-28(10-12-29)20-14-21(25)26-19-13-15(24)7-8-16(19)20/h7-8,13-14,17-18H,2-6,9-12H2,1H3,(H2,25,26)(H,27,31). The first kappa shape index (κ1) is 22.5. The molecule has 2 fully saturated rings. The molecule has 8 nitrogen and oxygen atoms in total. The minimum Gasteiger partial charge on any atom is -0.469 e. The Balaban J connectivity index is 1.42. The summed E-state index contributed by atoms with van der Waals surface area (Å²) in [5, 5.41) is 4.72. The van der Waals surface area contributed by atoms with E-state index in [-0.39, 0.29) is 24.0 Å². The summed E-state index contributed by atoms with van der Waals surface area (Å²) >= 11 is 6.12. The van der Waals surface area contributed by atoms with Gasteiger partial charge < -0.3 is 25.6 Å². The molecule has 1 aromatic carbocycles. The third-order valence-corrected chi connectivity index (χ3v) is 6.74. The van der Waals surface area contributed by atoms with Crippen LogP contribution in [0.4, 0.5) is 16.3 Å². The minimum atomic E-state index is -0.272. The van der Waals surface area contributed by atoms with Crippen molar-refractivity contribution in [2.75, 3.05) is 43.9 Å². The van der Waals surface area contributed by atoms with Crippen molar-refractivity contribution in [1.82, 2.24) is 15.2 Å². The summed E-state index contributed by atoms with van der Waals surface area (Å²) in [7, 11) is 1.41. The van der Waals surface area contributed by atoms with E-state index in [2.05, 4.69) is 15.2 Å². The Morgan fingerprint density at radius 1 is 1.12 bits per heavy atom. The third-order valence-electron chi connectivity index (χ3n) is 6.51. The lowest BCUT2D eigenvalue weighted by molar-refractivity contribution is -0.146. The maximum absolute atomic E-state index is 13.0. The summed E-state index contributed by atoms with van der Waals surface area (Å²) in [6.45, 7) is 2.52. The van der Waals surface area contributed by atoms with Gasteiger partial charge in [-0.2, -0.15) is 0 Å². The molecular formula is C23H30ClN5O3. The lowest BCUT2D eigenvalue weighted by atomic mass is 9.95. The number of amides is 2. The van der Waals surface area contributed by atoms with Gasteiger partial charge in [-0.3, -0.25) is 4.79 Å². The van der Waals surface area contributed by atoms with Crippen molar-refractivity contribution in [1.29, 1.82) is 0 Å². The molecule has 2 aliphatic rings. The molecule has 0 radical (unpaired) electrons. The number of nitrogens with two attached hydrogens (primary N) is 1. The number of esters is 1. The van der Waals surface area contributed by atoms with Crippen LogP contribution in [-0.2, 0) is 9.53 Å². The molecule has 2 unspecified atom stereocenters. The van der Waals surface area contributed by atoms with Crippen LogP contribution in [0.25, 0.3) is 10.9 Å². The zero-order chi connectivity index (χ0) is 22.7. The van der Waals surface area contributed by atoms with Crippen LogP contribution in [0.3, 0.4) is 0 Å². The summed E-state index contributed by atoms with van der Waals surface area (Å²) in [6, 6.07) is 7.20. The number of piperazine rings is 1. The number of hydrogen-bond donors (Lipinski definition) is 2. The van der Waals surface area contributed by atoms with Gasteiger partial charge in [-0.25, -0.2) is 9.78 Å². The van der Waals surface area contributed by atoms with Crippen LogP contribution in [0.5, 0.6) is 0 Å². The highest BCUT2D eigenvalue weighted by atomic mass is 35.5. The summed E-state index contributed by atoms with van der Waals surface area (Å²) < 4.78 is 4.98. The molecule has 172 valence electrons.